The van der Waals surface area contributed by atoms with Crippen LogP contribution < -0.4 is 14.2 Å². The molecule has 0 atom stereocenters. The molecule has 0 aliphatic carbocycles. The lowest BCUT2D eigenvalue weighted by Gasteiger charge is -2.22. The van der Waals surface area contributed by atoms with E-state index in [1.807, 2.05) is 6.07 Å². The number of carbonyl (C=O) groups excluding carboxylic acids is 1. The van der Waals surface area contributed by atoms with E-state index in [0.29, 0.717) is 45.2 Å². The van der Waals surface area contributed by atoms with Crippen LogP contribution in [-0.4, -0.2) is 50.6 Å². The van der Waals surface area contributed by atoms with E-state index in [0.717, 1.165) is 0 Å². The number of halogens is 1. The smallest absolute Gasteiger partial charge is 0.264 e. The fourth-order valence-electron chi connectivity index (χ4n) is 4.68. The van der Waals surface area contributed by atoms with Gasteiger partial charge in [-0.3, -0.25) is 4.79 Å². The third-order valence-corrected chi connectivity index (χ3v) is 8.87. The summed E-state index contributed by atoms with van der Waals surface area (Å²) in [4.78, 5) is 19.4. The molecular formula is C31H29ClN4O7S. The van der Waals surface area contributed by atoms with Crippen LogP contribution in [0.25, 0.3) is 22.6 Å². The molecule has 3 aromatic carbocycles. The van der Waals surface area contributed by atoms with Crippen LogP contribution in [0.5, 0.6) is 11.5 Å². The average molecular weight is 637 g/mol. The molecule has 2 heterocycles. The zero-order valence-electron chi connectivity index (χ0n) is 24.5. The summed E-state index contributed by atoms with van der Waals surface area (Å²) in [5.74, 6) is 0.646. The maximum Gasteiger partial charge on any atom is 0.264 e. The van der Waals surface area contributed by atoms with E-state index < -0.39 is 10.0 Å². The first-order valence-corrected chi connectivity index (χ1v) is 15.2. The molecule has 5 aromatic rings. The topological polar surface area (TPSA) is 137 Å². The molecule has 228 valence electrons. The number of hydrogen-bond acceptors (Lipinski definition) is 9. The number of anilines is 1. The van der Waals surface area contributed by atoms with Crippen LogP contribution in [0.2, 0.25) is 5.02 Å². The molecule has 0 spiro atoms. The summed E-state index contributed by atoms with van der Waals surface area (Å²) in [6.45, 7) is 3.52. The molecule has 44 heavy (non-hydrogen) atoms. The number of rotatable bonds is 10. The van der Waals surface area contributed by atoms with Gasteiger partial charge in [0.1, 0.15) is 6.26 Å². The standard InChI is InChI=1S/C31H29ClN4O7S/c1-18-19(2)34-43-29(18)35-44(38,39)26-9-7-6-8-23(26)22-11-10-20(30-33-14-15-42-30)16-21(22)17-36(3)31(37)24-12-13-25(40-4)28(41-5)27(24)32/h6-16,35H,17H2,1-5H3. The zero-order valence-corrected chi connectivity index (χ0v) is 26.1. The summed E-state index contributed by atoms with van der Waals surface area (Å²) in [7, 11) is 0.419. The number of sulfonamides is 1. The molecule has 0 fully saturated rings. The molecular weight excluding hydrogens is 608 g/mol. The Kier molecular flexibility index (Phi) is 8.66. The molecule has 0 radical (unpaired) electrons. The van der Waals surface area contributed by atoms with Gasteiger partial charge in [-0.15, -0.1) is 0 Å². The van der Waals surface area contributed by atoms with Crippen LogP contribution >= 0.6 is 11.6 Å². The summed E-state index contributed by atoms with van der Waals surface area (Å²) in [5.41, 5.74) is 3.62. The predicted molar refractivity (Wildman–Crippen MR) is 165 cm³/mol. The highest BCUT2D eigenvalue weighted by atomic mass is 35.5. The van der Waals surface area contributed by atoms with Crippen LogP contribution in [0.3, 0.4) is 0 Å². The Morgan fingerprint density at radius 3 is 2.48 bits per heavy atom. The minimum Gasteiger partial charge on any atom is -0.493 e. The quantitative estimate of drug-likeness (QED) is 0.186. The number of carbonyl (C=O) groups is 1. The van der Waals surface area contributed by atoms with Crippen molar-refractivity contribution < 1.29 is 31.6 Å². The second-order valence-corrected chi connectivity index (χ2v) is 11.9. The lowest BCUT2D eigenvalue weighted by atomic mass is 9.96. The van der Waals surface area contributed by atoms with Gasteiger partial charge < -0.3 is 23.3 Å². The van der Waals surface area contributed by atoms with E-state index in [1.54, 1.807) is 63.4 Å². The van der Waals surface area contributed by atoms with Gasteiger partial charge in [-0.1, -0.05) is 41.0 Å². The van der Waals surface area contributed by atoms with Crippen molar-refractivity contribution in [3.8, 4) is 34.1 Å². The first-order valence-electron chi connectivity index (χ1n) is 13.3. The molecule has 11 nitrogen and oxygen atoms in total. The molecule has 0 aliphatic heterocycles. The molecule has 5 rings (SSSR count). The minimum atomic E-state index is -4.12. The fourth-order valence-corrected chi connectivity index (χ4v) is 6.27. The van der Waals surface area contributed by atoms with Gasteiger partial charge in [0.15, 0.2) is 11.5 Å². The fraction of sp³-hybridized carbons (Fsp3) is 0.194. The molecule has 2 aromatic heterocycles. The maximum absolute atomic E-state index is 13.7. The van der Waals surface area contributed by atoms with Crippen LogP contribution in [-0.2, 0) is 16.6 Å². The molecule has 0 saturated carbocycles. The lowest BCUT2D eigenvalue weighted by molar-refractivity contribution is 0.0785. The van der Waals surface area contributed by atoms with E-state index in [9.17, 15) is 13.2 Å². The summed E-state index contributed by atoms with van der Waals surface area (Å²) in [5, 5.41) is 3.95. The van der Waals surface area contributed by atoms with Crippen molar-refractivity contribution in [1.82, 2.24) is 15.0 Å². The van der Waals surface area contributed by atoms with E-state index in [2.05, 4.69) is 14.9 Å². The second kappa shape index (κ2) is 12.4. The van der Waals surface area contributed by atoms with Gasteiger partial charge >= 0.3 is 0 Å². The first-order chi connectivity index (χ1) is 21.1. The number of aryl methyl sites for hydroxylation is 1. The Balaban J connectivity index is 1.58. The molecule has 0 bridgehead atoms. The lowest BCUT2D eigenvalue weighted by Crippen LogP contribution is -2.27. The van der Waals surface area contributed by atoms with E-state index in [-0.39, 0.29) is 39.6 Å². The normalized spacial score (nSPS) is 11.3. The highest BCUT2D eigenvalue weighted by Gasteiger charge is 2.26. The summed E-state index contributed by atoms with van der Waals surface area (Å²) in [6, 6.07) is 15.1. The van der Waals surface area contributed by atoms with Gasteiger partial charge in [0.2, 0.25) is 11.8 Å². The molecule has 13 heteroatoms. The van der Waals surface area contributed by atoms with Crippen molar-refractivity contribution in [1.29, 1.82) is 0 Å². The number of nitrogens with zero attached hydrogens (tertiary/aromatic N) is 3. The van der Waals surface area contributed by atoms with Gasteiger partial charge in [-0.25, -0.2) is 18.1 Å². The number of aromatic nitrogens is 2. The average Bonchev–Trinajstić information content (AvgIpc) is 3.67. The summed E-state index contributed by atoms with van der Waals surface area (Å²) in [6.07, 6.45) is 2.98. The number of benzene rings is 3. The predicted octanol–water partition coefficient (Wildman–Crippen LogP) is 6.36. The summed E-state index contributed by atoms with van der Waals surface area (Å²) >= 11 is 6.55. The molecule has 0 saturated heterocycles. The van der Waals surface area contributed by atoms with Gasteiger partial charge in [0.05, 0.1) is 41.6 Å². The maximum atomic E-state index is 13.7. The minimum absolute atomic E-state index is 0.00971. The second-order valence-electron chi connectivity index (χ2n) is 9.86. The Bertz CT molecular complexity index is 1940. The molecule has 0 aliphatic rings. The van der Waals surface area contributed by atoms with E-state index in [1.165, 1.54) is 37.6 Å². The van der Waals surface area contributed by atoms with Crippen molar-refractivity contribution in [3.63, 3.8) is 0 Å². The Morgan fingerprint density at radius 2 is 1.82 bits per heavy atom. The van der Waals surface area contributed by atoms with Crippen LogP contribution in [0.15, 0.2) is 80.9 Å². The van der Waals surface area contributed by atoms with Gasteiger partial charge in [-0.05, 0) is 55.3 Å². The van der Waals surface area contributed by atoms with Crippen LogP contribution in [0, 0.1) is 13.8 Å². The number of nitrogens with one attached hydrogen (secondary N) is 1. The van der Waals surface area contributed by atoms with Crippen molar-refractivity contribution in [2.45, 2.75) is 25.3 Å². The van der Waals surface area contributed by atoms with E-state index in [4.69, 9.17) is 30.0 Å². The van der Waals surface area contributed by atoms with Crippen molar-refractivity contribution in [2.75, 3.05) is 26.0 Å². The highest BCUT2D eigenvalue weighted by molar-refractivity contribution is 7.92. The number of amides is 1. The summed E-state index contributed by atoms with van der Waals surface area (Å²) < 4.78 is 51.2. The molecule has 0 unspecified atom stereocenters. The van der Waals surface area contributed by atoms with Gasteiger partial charge in [0, 0.05) is 30.3 Å². The third-order valence-electron chi connectivity index (χ3n) is 7.11. The third kappa shape index (κ3) is 5.86. The molecule has 1 amide bonds. The number of oxazole rings is 1. The Labute approximate surface area is 259 Å². The monoisotopic (exact) mass is 636 g/mol. The molecule has 1 N–H and O–H groups in total. The number of ether oxygens (including phenoxy) is 2. The van der Waals surface area contributed by atoms with Crippen molar-refractivity contribution in [3.05, 3.63) is 94.5 Å². The largest absolute Gasteiger partial charge is 0.493 e. The van der Waals surface area contributed by atoms with Crippen molar-refractivity contribution >= 4 is 33.4 Å². The van der Waals surface area contributed by atoms with E-state index >= 15 is 0 Å². The highest BCUT2D eigenvalue weighted by Crippen LogP contribution is 2.39. The Morgan fingerprint density at radius 1 is 1.05 bits per heavy atom. The van der Waals surface area contributed by atoms with Crippen molar-refractivity contribution in [2.24, 2.45) is 0 Å². The number of methoxy groups -OCH3 is 2. The Hall–Kier alpha value is -4.81. The number of hydrogen-bond donors (Lipinski definition) is 1. The van der Waals surface area contributed by atoms with Gasteiger partial charge in [0.25, 0.3) is 15.9 Å². The first kappa shape index (κ1) is 30.6. The van der Waals surface area contributed by atoms with Crippen LogP contribution in [0.1, 0.15) is 27.2 Å². The van der Waals surface area contributed by atoms with Gasteiger partial charge in [-0.2, -0.15) is 0 Å². The SMILES string of the molecule is COc1ccc(C(=O)N(C)Cc2cc(-c3ncco3)ccc2-c2ccccc2S(=O)(=O)Nc2onc(C)c2C)c(Cl)c1OC. The van der Waals surface area contributed by atoms with Crippen LogP contribution in [0.4, 0.5) is 5.88 Å². The zero-order chi connectivity index (χ0) is 31.6.